The van der Waals surface area contributed by atoms with Crippen molar-refractivity contribution in [2.75, 3.05) is 17.2 Å². The molecule has 2 N–H and O–H groups in total. The molecule has 1 aliphatic heterocycles. The summed E-state index contributed by atoms with van der Waals surface area (Å²) in [5, 5.41) is 0. The number of nitrogens with two attached hydrogens (primary N) is 1. The number of aromatic nitrogens is 3. The quantitative estimate of drug-likeness (QED) is 0.800. The fourth-order valence-corrected chi connectivity index (χ4v) is 2.17. The summed E-state index contributed by atoms with van der Waals surface area (Å²) in [6, 6.07) is 8.33. The molecule has 3 rings (SSSR count). The summed E-state index contributed by atoms with van der Waals surface area (Å²) in [6.45, 7) is 0.917. The average molecular weight is 227 g/mol. The number of hydrogen-bond donors (Lipinski definition) is 1. The Balaban J connectivity index is 2.06. The first-order valence-electron chi connectivity index (χ1n) is 5.64. The molecule has 0 atom stereocenters. The van der Waals surface area contributed by atoms with Crippen LogP contribution in [0.25, 0.3) is 0 Å². The summed E-state index contributed by atoms with van der Waals surface area (Å²) in [4.78, 5) is 14.3. The molecule has 0 unspecified atom stereocenters. The predicted molar refractivity (Wildman–Crippen MR) is 66.0 cm³/mol. The van der Waals surface area contributed by atoms with Crippen molar-refractivity contribution in [2.45, 2.75) is 12.8 Å². The van der Waals surface area contributed by atoms with Gasteiger partial charge in [-0.25, -0.2) is 9.97 Å². The Kier molecular flexibility index (Phi) is 2.36. The Labute approximate surface area is 99.3 Å². The third-order valence-electron chi connectivity index (χ3n) is 2.93. The predicted octanol–water partition coefficient (Wildman–Crippen LogP) is 1.54. The van der Waals surface area contributed by atoms with Crippen LogP contribution in [0, 0.1) is 0 Å². The number of nitrogen functional groups attached to an aromatic ring is 1. The van der Waals surface area contributed by atoms with Gasteiger partial charge < -0.3 is 10.6 Å². The van der Waals surface area contributed by atoms with Crippen molar-refractivity contribution in [1.29, 1.82) is 0 Å². The van der Waals surface area contributed by atoms with E-state index in [1.54, 1.807) is 0 Å². The minimum absolute atomic E-state index is 0.262. The van der Waals surface area contributed by atoms with Crippen LogP contribution in [0.1, 0.15) is 12.0 Å². The summed E-state index contributed by atoms with van der Waals surface area (Å²) in [6.07, 6.45) is 3.66. The summed E-state index contributed by atoms with van der Waals surface area (Å²) in [5.41, 5.74) is 8.10. The van der Waals surface area contributed by atoms with Crippen LogP contribution >= 0.6 is 0 Å². The fraction of sp³-hybridized carbons (Fsp3) is 0.250. The van der Waals surface area contributed by atoms with E-state index in [9.17, 15) is 0 Å². The molecule has 0 spiro atoms. The Morgan fingerprint density at radius 1 is 1.18 bits per heavy atom. The molecule has 0 aliphatic carbocycles. The van der Waals surface area contributed by atoms with Crippen LogP contribution in [0.5, 0.6) is 0 Å². The van der Waals surface area contributed by atoms with Gasteiger partial charge in [-0.3, -0.25) is 0 Å². The van der Waals surface area contributed by atoms with Crippen molar-refractivity contribution in [1.82, 2.24) is 15.0 Å². The first-order valence-corrected chi connectivity index (χ1v) is 5.64. The molecule has 86 valence electrons. The number of benzene rings is 1. The molecule has 0 radical (unpaired) electrons. The van der Waals surface area contributed by atoms with Gasteiger partial charge in [-0.2, -0.15) is 4.98 Å². The summed E-state index contributed by atoms with van der Waals surface area (Å²) in [7, 11) is 0. The maximum Gasteiger partial charge on any atom is 0.234 e. The van der Waals surface area contributed by atoms with E-state index in [1.807, 2.05) is 6.07 Å². The molecule has 0 saturated heterocycles. The van der Waals surface area contributed by atoms with Crippen molar-refractivity contribution < 1.29 is 0 Å². The van der Waals surface area contributed by atoms with Gasteiger partial charge in [0.25, 0.3) is 0 Å². The molecule has 1 aliphatic rings. The molecule has 1 aromatic heterocycles. The van der Waals surface area contributed by atoms with Gasteiger partial charge in [0.1, 0.15) is 6.33 Å². The lowest BCUT2D eigenvalue weighted by Gasteiger charge is -2.29. The van der Waals surface area contributed by atoms with Crippen LogP contribution < -0.4 is 10.6 Å². The molecular formula is C12H13N5. The van der Waals surface area contributed by atoms with Gasteiger partial charge in [0, 0.05) is 12.2 Å². The van der Waals surface area contributed by atoms with E-state index in [-0.39, 0.29) is 5.95 Å². The average Bonchev–Trinajstić information content (AvgIpc) is 2.38. The third kappa shape index (κ3) is 1.80. The third-order valence-corrected chi connectivity index (χ3v) is 2.93. The molecular weight excluding hydrogens is 214 g/mol. The summed E-state index contributed by atoms with van der Waals surface area (Å²) < 4.78 is 0. The lowest BCUT2D eigenvalue weighted by molar-refractivity contribution is 0.748. The zero-order valence-corrected chi connectivity index (χ0v) is 9.37. The number of para-hydroxylation sites is 1. The number of fused-ring (bicyclic) bond motifs is 1. The van der Waals surface area contributed by atoms with Gasteiger partial charge >= 0.3 is 0 Å². The van der Waals surface area contributed by atoms with Crippen molar-refractivity contribution >= 4 is 17.6 Å². The zero-order valence-electron chi connectivity index (χ0n) is 9.37. The van der Waals surface area contributed by atoms with Crippen LogP contribution in [-0.2, 0) is 6.42 Å². The van der Waals surface area contributed by atoms with Gasteiger partial charge in [-0.15, -0.1) is 0 Å². The van der Waals surface area contributed by atoms with Crippen molar-refractivity contribution in [3.05, 3.63) is 36.2 Å². The van der Waals surface area contributed by atoms with Crippen molar-refractivity contribution in [3.63, 3.8) is 0 Å². The Bertz CT molecular complexity index is 540. The van der Waals surface area contributed by atoms with Gasteiger partial charge in [0.15, 0.2) is 0 Å². The highest BCUT2D eigenvalue weighted by molar-refractivity contribution is 5.63. The number of hydrogen-bond acceptors (Lipinski definition) is 5. The number of rotatable bonds is 1. The molecule has 17 heavy (non-hydrogen) atoms. The Hall–Kier alpha value is -2.17. The van der Waals surface area contributed by atoms with E-state index in [0.717, 1.165) is 19.4 Å². The first-order chi connectivity index (χ1) is 8.34. The smallest absolute Gasteiger partial charge is 0.234 e. The van der Waals surface area contributed by atoms with Gasteiger partial charge in [0.2, 0.25) is 11.9 Å². The molecule has 0 fully saturated rings. The topological polar surface area (TPSA) is 67.9 Å². The maximum atomic E-state index is 5.60. The second kappa shape index (κ2) is 4.01. The van der Waals surface area contributed by atoms with Crippen molar-refractivity contribution in [3.8, 4) is 0 Å². The SMILES string of the molecule is Nc1ncnc(N2CCCc3ccccc32)n1. The van der Waals surface area contributed by atoms with E-state index in [2.05, 4.69) is 38.1 Å². The normalized spacial score (nSPS) is 14.5. The molecule has 5 heteroatoms. The molecule has 5 nitrogen and oxygen atoms in total. The van der Waals surface area contributed by atoms with Gasteiger partial charge in [-0.05, 0) is 24.5 Å². The molecule has 2 aromatic rings. The zero-order chi connectivity index (χ0) is 11.7. The molecule has 0 saturated carbocycles. The lowest BCUT2D eigenvalue weighted by Crippen LogP contribution is -2.26. The minimum Gasteiger partial charge on any atom is -0.368 e. The van der Waals surface area contributed by atoms with Gasteiger partial charge in [-0.1, -0.05) is 18.2 Å². The Morgan fingerprint density at radius 3 is 2.94 bits per heavy atom. The Morgan fingerprint density at radius 2 is 2.06 bits per heavy atom. The van der Waals surface area contributed by atoms with Crippen LogP contribution in [-0.4, -0.2) is 21.5 Å². The van der Waals surface area contributed by atoms with Crippen LogP contribution in [0.3, 0.4) is 0 Å². The largest absolute Gasteiger partial charge is 0.368 e. The van der Waals surface area contributed by atoms with E-state index in [4.69, 9.17) is 5.73 Å². The maximum absolute atomic E-state index is 5.60. The molecule has 0 bridgehead atoms. The highest BCUT2D eigenvalue weighted by atomic mass is 15.3. The lowest BCUT2D eigenvalue weighted by atomic mass is 10.0. The minimum atomic E-state index is 0.262. The standard InChI is InChI=1S/C12H13N5/c13-11-14-8-15-12(16-11)17-7-3-5-9-4-1-2-6-10(9)17/h1-2,4,6,8H,3,5,7H2,(H2,13,14,15,16). The second-order valence-electron chi connectivity index (χ2n) is 4.03. The van der Waals surface area contributed by atoms with E-state index in [1.165, 1.54) is 17.6 Å². The first kappa shape index (κ1) is 10.0. The molecule has 2 heterocycles. The van der Waals surface area contributed by atoms with Crippen LogP contribution in [0.4, 0.5) is 17.6 Å². The fourth-order valence-electron chi connectivity index (χ4n) is 2.17. The number of aryl methyl sites for hydroxylation is 1. The second-order valence-corrected chi connectivity index (χ2v) is 4.03. The summed E-state index contributed by atoms with van der Waals surface area (Å²) >= 11 is 0. The summed E-state index contributed by atoms with van der Waals surface area (Å²) in [5.74, 6) is 0.891. The van der Waals surface area contributed by atoms with Crippen molar-refractivity contribution in [2.24, 2.45) is 0 Å². The van der Waals surface area contributed by atoms with E-state index < -0.39 is 0 Å². The van der Waals surface area contributed by atoms with Crippen LogP contribution in [0.2, 0.25) is 0 Å². The molecule has 0 amide bonds. The molecule has 1 aromatic carbocycles. The number of anilines is 3. The number of nitrogens with zero attached hydrogens (tertiary/aromatic N) is 4. The van der Waals surface area contributed by atoms with Crippen LogP contribution in [0.15, 0.2) is 30.6 Å². The van der Waals surface area contributed by atoms with Gasteiger partial charge in [0.05, 0.1) is 0 Å². The van der Waals surface area contributed by atoms with E-state index >= 15 is 0 Å². The monoisotopic (exact) mass is 227 g/mol. The van der Waals surface area contributed by atoms with E-state index in [0.29, 0.717) is 5.95 Å². The highest BCUT2D eigenvalue weighted by Crippen LogP contribution is 2.30. The highest BCUT2D eigenvalue weighted by Gasteiger charge is 2.19.